The van der Waals surface area contributed by atoms with Crippen LogP contribution in [0.4, 0.5) is 0 Å². The molecule has 0 aliphatic heterocycles. The summed E-state index contributed by atoms with van der Waals surface area (Å²) in [6.07, 6.45) is 9.41. The summed E-state index contributed by atoms with van der Waals surface area (Å²) in [5.74, 6) is 1.85. The van der Waals surface area contributed by atoms with E-state index in [2.05, 4.69) is 27.6 Å². The van der Waals surface area contributed by atoms with Crippen molar-refractivity contribution in [1.29, 1.82) is 0 Å². The first-order valence-electron chi connectivity index (χ1n) is 7.30. The Morgan fingerprint density at radius 3 is 2.84 bits per heavy atom. The third-order valence-corrected chi connectivity index (χ3v) is 4.53. The van der Waals surface area contributed by atoms with Gasteiger partial charge in [-0.05, 0) is 31.2 Å². The van der Waals surface area contributed by atoms with E-state index in [0.29, 0.717) is 6.54 Å². The van der Waals surface area contributed by atoms with Crippen LogP contribution in [-0.4, -0.2) is 28.5 Å². The van der Waals surface area contributed by atoms with Crippen LogP contribution in [0.2, 0.25) is 0 Å². The van der Waals surface area contributed by atoms with Crippen LogP contribution in [0.25, 0.3) is 0 Å². The monoisotopic (exact) mass is 309 g/mol. The van der Waals surface area contributed by atoms with Crippen LogP contribution in [-0.2, 0) is 24.4 Å². The van der Waals surface area contributed by atoms with E-state index in [1.165, 1.54) is 38.5 Å². The largest absolute Gasteiger partial charge is 0.314 e. The molecule has 1 saturated carbocycles. The van der Waals surface area contributed by atoms with Crippen LogP contribution in [0, 0.1) is 11.8 Å². The number of hydrogen-bond acceptors (Lipinski definition) is 4. The van der Waals surface area contributed by atoms with Crippen molar-refractivity contribution in [2.75, 3.05) is 19.7 Å². The maximum Gasteiger partial charge on any atom is 0.266 e. The zero-order chi connectivity index (χ0) is 14.1. The SMILES string of the molecule is C[C@H]1CCC[C@@H](CCCCNCCOS(=O)(O)=S)C1. The van der Waals surface area contributed by atoms with Crippen LogP contribution in [0.3, 0.4) is 0 Å². The Bertz CT molecular complexity index is 333. The first-order chi connectivity index (χ1) is 8.97. The highest BCUT2D eigenvalue weighted by molar-refractivity contribution is 8.27. The summed E-state index contributed by atoms with van der Waals surface area (Å²) in [6.45, 7) is 4.08. The Labute approximate surface area is 122 Å². The second-order valence-corrected chi connectivity index (χ2v) is 7.99. The molecular formula is C13H27NO3S2. The van der Waals surface area contributed by atoms with Crippen molar-refractivity contribution >= 4 is 20.2 Å². The molecule has 2 N–H and O–H groups in total. The van der Waals surface area contributed by atoms with Gasteiger partial charge in [-0.1, -0.05) is 39.0 Å². The fourth-order valence-corrected chi connectivity index (χ4v) is 3.35. The lowest BCUT2D eigenvalue weighted by Crippen LogP contribution is -2.22. The van der Waals surface area contributed by atoms with Gasteiger partial charge in [0.1, 0.15) is 0 Å². The molecule has 0 heterocycles. The number of hydrogen-bond donors (Lipinski definition) is 2. The van der Waals surface area contributed by atoms with Gasteiger partial charge in [-0.2, -0.15) is 4.21 Å². The molecule has 0 aromatic carbocycles. The van der Waals surface area contributed by atoms with E-state index in [-0.39, 0.29) is 6.61 Å². The lowest BCUT2D eigenvalue weighted by Gasteiger charge is -2.26. The maximum absolute atomic E-state index is 10.6. The van der Waals surface area contributed by atoms with Gasteiger partial charge in [0, 0.05) is 17.7 Å². The van der Waals surface area contributed by atoms with Crippen molar-refractivity contribution < 1.29 is 12.9 Å². The minimum absolute atomic E-state index is 0.193. The number of rotatable bonds is 9. The van der Waals surface area contributed by atoms with E-state index in [1.54, 1.807) is 0 Å². The van der Waals surface area contributed by atoms with Gasteiger partial charge in [0.25, 0.3) is 9.05 Å². The smallest absolute Gasteiger partial charge is 0.266 e. The van der Waals surface area contributed by atoms with Crippen LogP contribution in [0.15, 0.2) is 0 Å². The molecule has 1 aliphatic carbocycles. The van der Waals surface area contributed by atoms with Crippen LogP contribution in [0.1, 0.15) is 51.9 Å². The van der Waals surface area contributed by atoms with E-state index in [1.807, 2.05) is 0 Å². The summed E-state index contributed by atoms with van der Waals surface area (Å²) >= 11 is 4.22. The molecule has 114 valence electrons. The quantitative estimate of drug-likeness (QED) is 0.641. The topological polar surface area (TPSA) is 58.6 Å². The van der Waals surface area contributed by atoms with Gasteiger partial charge >= 0.3 is 0 Å². The molecule has 1 unspecified atom stereocenters. The molecule has 0 radical (unpaired) electrons. The Hall–Kier alpha value is 0.250. The minimum Gasteiger partial charge on any atom is -0.314 e. The molecule has 1 rings (SSSR count). The zero-order valence-corrected chi connectivity index (χ0v) is 13.4. The fraction of sp³-hybridized carbons (Fsp3) is 1.00. The van der Waals surface area contributed by atoms with E-state index >= 15 is 0 Å². The van der Waals surface area contributed by atoms with Crippen molar-refractivity contribution in [3.63, 3.8) is 0 Å². The molecule has 6 heteroatoms. The molecule has 3 atom stereocenters. The van der Waals surface area contributed by atoms with Crippen molar-refractivity contribution in [1.82, 2.24) is 5.32 Å². The van der Waals surface area contributed by atoms with Gasteiger partial charge in [-0.15, -0.1) is 0 Å². The predicted octanol–water partition coefficient (Wildman–Crippen LogP) is 2.72. The third-order valence-electron chi connectivity index (χ3n) is 3.77. The Kier molecular flexibility index (Phi) is 8.41. The first kappa shape index (κ1) is 17.3. The lowest BCUT2D eigenvalue weighted by atomic mass is 9.80. The van der Waals surface area contributed by atoms with Gasteiger partial charge in [-0.25, -0.2) is 0 Å². The fourth-order valence-electron chi connectivity index (χ4n) is 2.85. The van der Waals surface area contributed by atoms with Crippen molar-refractivity contribution in [2.45, 2.75) is 51.9 Å². The highest BCUT2D eigenvalue weighted by atomic mass is 32.9. The molecule has 4 nitrogen and oxygen atoms in total. The molecule has 19 heavy (non-hydrogen) atoms. The van der Waals surface area contributed by atoms with Gasteiger partial charge in [-0.3, -0.25) is 8.74 Å². The second-order valence-electron chi connectivity index (χ2n) is 5.63. The Balaban J connectivity index is 1.88. The Morgan fingerprint density at radius 2 is 2.16 bits per heavy atom. The van der Waals surface area contributed by atoms with Crippen LogP contribution < -0.4 is 5.32 Å². The van der Waals surface area contributed by atoms with Gasteiger partial charge < -0.3 is 5.32 Å². The molecular weight excluding hydrogens is 282 g/mol. The molecule has 0 aromatic heterocycles. The number of unbranched alkanes of at least 4 members (excludes halogenated alkanes) is 1. The molecule has 1 fully saturated rings. The molecule has 0 aromatic rings. The Morgan fingerprint density at radius 1 is 1.37 bits per heavy atom. The molecule has 1 aliphatic rings. The zero-order valence-electron chi connectivity index (χ0n) is 11.8. The maximum atomic E-state index is 10.6. The lowest BCUT2D eigenvalue weighted by molar-refractivity contribution is 0.263. The average Bonchev–Trinajstić information content (AvgIpc) is 2.31. The van der Waals surface area contributed by atoms with Crippen LogP contribution >= 0.6 is 0 Å². The van der Waals surface area contributed by atoms with E-state index < -0.39 is 9.05 Å². The first-order valence-corrected chi connectivity index (χ1v) is 9.66. The summed E-state index contributed by atoms with van der Waals surface area (Å²) in [4.78, 5) is 0. The molecule has 0 bridgehead atoms. The van der Waals surface area contributed by atoms with Crippen LogP contribution in [0.5, 0.6) is 0 Å². The normalized spacial score (nSPS) is 27.1. The minimum atomic E-state index is -3.45. The number of nitrogens with one attached hydrogen (secondary N) is 1. The molecule has 0 spiro atoms. The van der Waals surface area contributed by atoms with Crippen molar-refractivity contribution in [2.24, 2.45) is 11.8 Å². The van der Waals surface area contributed by atoms with Crippen molar-refractivity contribution in [3.8, 4) is 0 Å². The van der Waals surface area contributed by atoms with Crippen molar-refractivity contribution in [3.05, 3.63) is 0 Å². The molecule has 0 saturated heterocycles. The second kappa shape index (κ2) is 9.23. The third kappa shape index (κ3) is 9.73. The summed E-state index contributed by atoms with van der Waals surface area (Å²) in [5.41, 5.74) is 0. The molecule has 0 amide bonds. The van der Waals surface area contributed by atoms with Gasteiger partial charge in [0.2, 0.25) is 0 Å². The summed E-state index contributed by atoms with van der Waals surface area (Å²) in [6, 6.07) is 0. The highest BCUT2D eigenvalue weighted by Crippen LogP contribution is 2.31. The summed E-state index contributed by atoms with van der Waals surface area (Å²) < 4.78 is 23.9. The standard InChI is InChI=1S/C13H27NO3S2/c1-12-5-4-7-13(11-12)6-2-3-8-14-9-10-17-19(15,16)18/h12-14H,2-11H2,1H3,(H,15,16,18)/t12-,13+/m0/s1. The van der Waals surface area contributed by atoms with Gasteiger partial charge in [0.15, 0.2) is 0 Å². The summed E-state index contributed by atoms with van der Waals surface area (Å²) in [5, 5.41) is 3.20. The highest BCUT2D eigenvalue weighted by Gasteiger charge is 2.17. The van der Waals surface area contributed by atoms with E-state index in [4.69, 9.17) is 4.55 Å². The van der Waals surface area contributed by atoms with Gasteiger partial charge in [0.05, 0.1) is 6.61 Å². The predicted molar refractivity (Wildman–Crippen MR) is 81.9 cm³/mol. The average molecular weight is 309 g/mol. The van der Waals surface area contributed by atoms with E-state index in [0.717, 1.165) is 24.8 Å². The van der Waals surface area contributed by atoms with E-state index in [9.17, 15) is 4.21 Å². The summed E-state index contributed by atoms with van der Waals surface area (Å²) in [7, 11) is -3.45.